The highest BCUT2D eigenvalue weighted by molar-refractivity contribution is 6.30. The van der Waals surface area contributed by atoms with Gasteiger partial charge in [0.05, 0.1) is 5.60 Å². The third-order valence-corrected chi connectivity index (χ3v) is 3.71. The van der Waals surface area contributed by atoms with Crippen LogP contribution in [0.3, 0.4) is 0 Å². The first kappa shape index (κ1) is 15.0. The van der Waals surface area contributed by atoms with Crippen molar-refractivity contribution in [3.63, 3.8) is 0 Å². The Balaban J connectivity index is 2.34. The summed E-state index contributed by atoms with van der Waals surface area (Å²) < 4.78 is 13.9. The van der Waals surface area contributed by atoms with Gasteiger partial charge in [0.1, 0.15) is 5.82 Å². The lowest BCUT2D eigenvalue weighted by Crippen LogP contribution is -2.28. The fraction of sp³-hybridized carbons (Fsp3) is 0.294. The molecule has 3 heteroatoms. The Morgan fingerprint density at radius 3 is 2.45 bits per heavy atom. The van der Waals surface area contributed by atoms with E-state index >= 15 is 0 Å². The molecular formula is C17H18ClFO. The molecule has 0 fully saturated rings. The van der Waals surface area contributed by atoms with E-state index in [4.69, 9.17) is 11.6 Å². The first-order valence-electron chi connectivity index (χ1n) is 6.77. The maximum atomic E-state index is 13.9. The summed E-state index contributed by atoms with van der Waals surface area (Å²) in [5, 5.41) is 11.3. The molecule has 0 amide bonds. The lowest BCUT2D eigenvalue weighted by molar-refractivity contribution is 0.0261. The van der Waals surface area contributed by atoms with Crippen molar-refractivity contribution in [1.29, 1.82) is 0 Å². The van der Waals surface area contributed by atoms with Gasteiger partial charge in [0.25, 0.3) is 0 Å². The molecule has 0 spiro atoms. The molecule has 0 aliphatic rings. The molecule has 2 rings (SSSR count). The van der Waals surface area contributed by atoms with Crippen molar-refractivity contribution in [3.8, 4) is 0 Å². The Morgan fingerprint density at radius 2 is 1.85 bits per heavy atom. The Hall–Kier alpha value is -1.38. The third-order valence-electron chi connectivity index (χ3n) is 3.47. The van der Waals surface area contributed by atoms with Gasteiger partial charge in [-0.2, -0.15) is 0 Å². The molecule has 1 atom stereocenters. The Labute approximate surface area is 124 Å². The number of benzene rings is 2. The largest absolute Gasteiger partial charge is 0.385 e. The van der Waals surface area contributed by atoms with Crippen LogP contribution in [0.1, 0.15) is 30.9 Å². The van der Waals surface area contributed by atoms with Gasteiger partial charge >= 0.3 is 0 Å². The maximum absolute atomic E-state index is 13.9. The predicted octanol–water partition coefficient (Wildman–Crippen LogP) is 4.71. The molecule has 0 heterocycles. The lowest BCUT2D eigenvalue weighted by atomic mass is 9.83. The smallest absolute Gasteiger partial charge is 0.127 e. The first-order valence-corrected chi connectivity index (χ1v) is 7.15. The number of aliphatic hydroxyl groups is 1. The van der Waals surface area contributed by atoms with Crippen molar-refractivity contribution in [3.05, 3.63) is 70.5 Å². The van der Waals surface area contributed by atoms with Crippen molar-refractivity contribution in [2.24, 2.45) is 0 Å². The molecule has 0 aromatic heterocycles. The molecule has 106 valence electrons. The quantitative estimate of drug-likeness (QED) is 0.846. The normalized spacial score (nSPS) is 14.0. The van der Waals surface area contributed by atoms with Gasteiger partial charge < -0.3 is 5.11 Å². The van der Waals surface area contributed by atoms with E-state index in [-0.39, 0.29) is 12.2 Å². The standard InChI is InChI=1S/C17H18ClFO/c1-2-10-17(20,14-6-4-3-5-7-14)12-13-8-9-15(18)11-16(13)19/h3-9,11,20H,2,10,12H2,1H3. The average Bonchev–Trinajstić information content (AvgIpc) is 2.43. The van der Waals surface area contributed by atoms with E-state index in [1.807, 2.05) is 37.3 Å². The van der Waals surface area contributed by atoms with Gasteiger partial charge in [0, 0.05) is 11.4 Å². The SMILES string of the molecule is CCCC(O)(Cc1ccc(Cl)cc1F)c1ccccc1. The van der Waals surface area contributed by atoms with Crippen LogP contribution < -0.4 is 0 Å². The minimum Gasteiger partial charge on any atom is -0.385 e. The van der Waals surface area contributed by atoms with Crippen molar-refractivity contribution in [2.45, 2.75) is 31.8 Å². The molecule has 0 aliphatic carbocycles. The van der Waals surface area contributed by atoms with Crippen LogP contribution in [0.2, 0.25) is 5.02 Å². The van der Waals surface area contributed by atoms with Crippen LogP contribution in [-0.4, -0.2) is 5.11 Å². The molecule has 1 N–H and O–H groups in total. The molecule has 20 heavy (non-hydrogen) atoms. The highest BCUT2D eigenvalue weighted by Gasteiger charge is 2.29. The molecule has 0 bridgehead atoms. The summed E-state index contributed by atoms with van der Waals surface area (Å²) in [6.07, 6.45) is 1.65. The van der Waals surface area contributed by atoms with Gasteiger partial charge in [-0.15, -0.1) is 0 Å². The van der Waals surface area contributed by atoms with Crippen LogP contribution in [0, 0.1) is 5.82 Å². The van der Waals surface area contributed by atoms with Gasteiger partial charge in [0.2, 0.25) is 0 Å². The molecule has 2 aromatic carbocycles. The fourth-order valence-electron chi connectivity index (χ4n) is 2.48. The third kappa shape index (κ3) is 3.38. The van der Waals surface area contributed by atoms with Crippen molar-refractivity contribution >= 4 is 11.6 Å². The van der Waals surface area contributed by atoms with E-state index in [9.17, 15) is 9.50 Å². The molecule has 0 saturated heterocycles. The molecule has 1 nitrogen and oxygen atoms in total. The van der Waals surface area contributed by atoms with Gasteiger partial charge in [-0.3, -0.25) is 0 Å². The van der Waals surface area contributed by atoms with E-state index < -0.39 is 5.60 Å². The molecule has 1 unspecified atom stereocenters. The first-order chi connectivity index (χ1) is 9.55. The van der Waals surface area contributed by atoms with E-state index in [0.29, 0.717) is 17.0 Å². The van der Waals surface area contributed by atoms with Gasteiger partial charge in [0.15, 0.2) is 0 Å². The highest BCUT2D eigenvalue weighted by Crippen LogP contribution is 2.31. The van der Waals surface area contributed by atoms with E-state index in [1.54, 1.807) is 12.1 Å². The molecule has 2 aromatic rings. The zero-order valence-electron chi connectivity index (χ0n) is 11.4. The van der Waals surface area contributed by atoms with Gasteiger partial charge in [-0.1, -0.05) is 61.3 Å². The summed E-state index contributed by atoms with van der Waals surface area (Å²) in [4.78, 5) is 0. The summed E-state index contributed by atoms with van der Waals surface area (Å²) >= 11 is 5.76. The second-order valence-electron chi connectivity index (χ2n) is 5.06. The summed E-state index contributed by atoms with van der Waals surface area (Å²) in [6, 6.07) is 14.0. The lowest BCUT2D eigenvalue weighted by Gasteiger charge is -2.29. The van der Waals surface area contributed by atoms with Crippen LogP contribution in [0.25, 0.3) is 0 Å². The zero-order valence-corrected chi connectivity index (χ0v) is 12.2. The Morgan fingerprint density at radius 1 is 1.15 bits per heavy atom. The monoisotopic (exact) mass is 292 g/mol. The summed E-state index contributed by atoms with van der Waals surface area (Å²) in [5.41, 5.74) is 0.246. The van der Waals surface area contributed by atoms with E-state index in [2.05, 4.69) is 0 Å². The predicted molar refractivity (Wildman–Crippen MR) is 80.4 cm³/mol. The van der Waals surface area contributed by atoms with Crippen LogP contribution >= 0.6 is 11.6 Å². The second-order valence-corrected chi connectivity index (χ2v) is 5.50. The Bertz CT molecular complexity index is 570. The van der Waals surface area contributed by atoms with E-state index in [1.165, 1.54) is 6.07 Å². The zero-order chi connectivity index (χ0) is 14.6. The van der Waals surface area contributed by atoms with Crippen molar-refractivity contribution < 1.29 is 9.50 Å². The highest BCUT2D eigenvalue weighted by atomic mass is 35.5. The summed E-state index contributed by atoms with van der Waals surface area (Å²) in [5.74, 6) is -0.372. The summed E-state index contributed by atoms with van der Waals surface area (Å²) in [6.45, 7) is 2.01. The molecule has 0 radical (unpaired) electrons. The summed E-state index contributed by atoms with van der Waals surface area (Å²) in [7, 11) is 0. The number of rotatable bonds is 5. The van der Waals surface area contributed by atoms with Crippen molar-refractivity contribution in [2.75, 3.05) is 0 Å². The topological polar surface area (TPSA) is 20.2 Å². The molecule has 0 aliphatic heterocycles. The molecular weight excluding hydrogens is 275 g/mol. The maximum Gasteiger partial charge on any atom is 0.127 e. The minimum atomic E-state index is -1.05. The number of hydrogen-bond donors (Lipinski definition) is 1. The second kappa shape index (κ2) is 6.38. The fourth-order valence-corrected chi connectivity index (χ4v) is 2.64. The van der Waals surface area contributed by atoms with Crippen LogP contribution in [0.15, 0.2) is 48.5 Å². The average molecular weight is 293 g/mol. The van der Waals surface area contributed by atoms with Gasteiger partial charge in [-0.25, -0.2) is 4.39 Å². The van der Waals surface area contributed by atoms with E-state index in [0.717, 1.165) is 12.0 Å². The van der Waals surface area contributed by atoms with Crippen LogP contribution in [0.5, 0.6) is 0 Å². The molecule has 0 saturated carbocycles. The van der Waals surface area contributed by atoms with Crippen molar-refractivity contribution in [1.82, 2.24) is 0 Å². The van der Waals surface area contributed by atoms with Crippen LogP contribution in [0.4, 0.5) is 4.39 Å². The van der Waals surface area contributed by atoms with Gasteiger partial charge in [-0.05, 0) is 29.7 Å². The van der Waals surface area contributed by atoms with Crippen LogP contribution in [-0.2, 0) is 12.0 Å². The number of hydrogen-bond acceptors (Lipinski definition) is 1. The number of halogens is 2. The Kier molecular flexibility index (Phi) is 4.79. The minimum absolute atomic E-state index is 0.244.